The Bertz CT molecular complexity index is 427. The monoisotopic (exact) mass is 213 g/mol. The molecule has 0 aliphatic rings. The molecule has 2 heterocycles. The molecule has 0 atom stereocenters. The van der Waals surface area contributed by atoms with Gasteiger partial charge in [-0.05, 0) is 18.6 Å². The molecule has 0 aliphatic carbocycles. The molecular formula is C13H15N3. The summed E-state index contributed by atoms with van der Waals surface area (Å²) in [6.45, 7) is 9.11. The van der Waals surface area contributed by atoms with Crippen LogP contribution in [0.3, 0.4) is 0 Å². The van der Waals surface area contributed by atoms with Crippen molar-refractivity contribution in [3.8, 4) is 0 Å². The van der Waals surface area contributed by atoms with Gasteiger partial charge in [0.15, 0.2) is 0 Å². The summed E-state index contributed by atoms with van der Waals surface area (Å²) in [6, 6.07) is 3.96. The number of hydrogen-bond donors (Lipinski definition) is 0. The topological polar surface area (TPSA) is 30.7 Å². The Balaban J connectivity index is 0.000000165. The molecule has 0 aliphatic heterocycles. The Labute approximate surface area is 95.8 Å². The van der Waals surface area contributed by atoms with Gasteiger partial charge in [-0.15, -0.1) is 0 Å². The molecule has 0 bridgehead atoms. The van der Waals surface area contributed by atoms with Gasteiger partial charge in [-0.2, -0.15) is 0 Å². The molecule has 0 amide bonds. The number of nitrogens with zero attached hydrogens (tertiary/aromatic N) is 3. The Morgan fingerprint density at radius 2 is 2.12 bits per heavy atom. The van der Waals surface area contributed by atoms with Crippen molar-refractivity contribution in [1.82, 2.24) is 14.5 Å². The van der Waals surface area contributed by atoms with Crippen LogP contribution in [-0.4, -0.2) is 14.5 Å². The van der Waals surface area contributed by atoms with Gasteiger partial charge in [0.2, 0.25) is 0 Å². The molecule has 2 rings (SSSR count). The molecule has 3 heteroatoms. The molecule has 0 saturated carbocycles. The first-order chi connectivity index (χ1) is 7.76. The first kappa shape index (κ1) is 11.9. The van der Waals surface area contributed by atoms with Crippen LogP contribution in [0.4, 0.5) is 0 Å². The number of aryl methyl sites for hydroxylation is 1. The van der Waals surface area contributed by atoms with E-state index in [9.17, 15) is 0 Å². The molecule has 0 radical (unpaired) electrons. The van der Waals surface area contributed by atoms with Crippen LogP contribution < -0.4 is 0 Å². The fourth-order valence-electron chi connectivity index (χ4n) is 0.977. The molecule has 0 fully saturated rings. The third-order valence-electron chi connectivity index (χ3n) is 1.91. The largest absolute Gasteiger partial charge is 0.314 e. The average molecular weight is 213 g/mol. The minimum absolute atomic E-state index is 1.04. The van der Waals surface area contributed by atoms with Crippen molar-refractivity contribution in [2.24, 2.45) is 0 Å². The Hall–Kier alpha value is -2.16. The first-order valence-corrected chi connectivity index (χ1v) is 4.91. The van der Waals surface area contributed by atoms with Gasteiger partial charge in [-0.25, -0.2) is 4.98 Å². The summed E-state index contributed by atoms with van der Waals surface area (Å²) >= 11 is 0. The standard InChI is InChI=1S/C8H9N.C5H6N2/c1-3-8-5-4-7(2)9-6-8;1-2-7-4-3-6-5-7/h3-6H,1H2,2H3;2-5H,1H2. The van der Waals surface area contributed by atoms with Gasteiger partial charge < -0.3 is 4.57 Å². The molecule has 0 aromatic carbocycles. The maximum Gasteiger partial charge on any atom is 0.0986 e. The predicted octanol–water partition coefficient (Wildman–Crippen LogP) is 3.02. The normalized spacial score (nSPS) is 8.81. The van der Waals surface area contributed by atoms with Gasteiger partial charge in [0.25, 0.3) is 0 Å². The van der Waals surface area contributed by atoms with Crippen LogP contribution in [-0.2, 0) is 0 Å². The van der Waals surface area contributed by atoms with Crippen molar-refractivity contribution >= 4 is 12.3 Å². The van der Waals surface area contributed by atoms with Crippen LogP contribution in [0.2, 0.25) is 0 Å². The first-order valence-electron chi connectivity index (χ1n) is 4.91. The van der Waals surface area contributed by atoms with E-state index in [4.69, 9.17) is 0 Å². The molecule has 3 nitrogen and oxygen atoms in total. The number of imidazole rings is 1. The predicted molar refractivity (Wildman–Crippen MR) is 67.7 cm³/mol. The summed E-state index contributed by atoms with van der Waals surface area (Å²) < 4.78 is 1.78. The highest BCUT2D eigenvalue weighted by molar-refractivity contribution is 5.44. The summed E-state index contributed by atoms with van der Waals surface area (Å²) in [5.41, 5.74) is 2.11. The van der Waals surface area contributed by atoms with Gasteiger partial charge in [0.05, 0.1) is 6.33 Å². The molecule has 0 saturated heterocycles. The Morgan fingerprint density at radius 3 is 2.50 bits per heavy atom. The van der Waals surface area contributed by atoms with Crippen molar-refractivity contribution in [2.45, 2.75) is 6.92 Å². The highest BCUT2D eigenvalue weighted by Crippen LogP contribution is 1.98. The van der Waals surface area contributed by atoms with Gasteiger partial charge in [-0.1, -0.05) is 25.3 Å². The second-order valence-corrected chi connectivity index (χ2v) is 3.13. The van der Waals surface area contributed by atoms with E-state index < -0.39 is 0 Å². The summed E-state index contributed by atoms with van der Waals surface area (Å²) in [5, 5.41) is 0. The van der Waals surface area contributed by atoms with E-state index in [1.807, 2.05) is 31.5 Å². The van der Waals surface area contributed by atoms with Crippen molar-refractivity contribution in [3.63, 3.8) is 0 Å². The number of hydrogen-bond acceptors (Lipinski definition) is 2. The maximum absolute atomic E-state index is 4.08. The summed E-state index contributed by atoms with van der Waals surface area (Å²) in [6.07, 6.45) is 10.5. The SMILES string of the molecule is C=Cc1ccc(C)nc1.C=Cn1ccnc1. The van der Waals surface area contributed by atoms with Crippen molar-refractivity contribution in [2.75, 3.05) is 0 Å². The van der Waals surface area contributed by atoms with Crippen LogP contribution in [0.5, 0.6) is 0 Å². The second-order valence-electron chi connectivity index (χ2n) is 3.13. The zero-order valence-corrected chi connectivity index (χ0v) is 9.37. The molecule has 2 aromatic rings. The lowest BCUT2D eigenvalue weighted by atomic mass is 10.2. The van der Waals surface area contributed by atoms with E-state index in [2.05, 4.69) is 23.1 Å². The minimum Gasteiger partial charge on any atom is -0.314 e. The van der Waals surface area contributed by atoms with Crippen molar-refractivity contribution in [1.29, 1.82) is 0 Å². The second kappa shape index (κ2) is 6.35. The maximum atomic E-state index is 4.08. The lowest BCUT2D eigenvalue weighted by molar-refractivity contribution is 1.14. The van der Waals surface area contributed by atoms with Gasteiger partial charge >= 0.3 is 0 Å². The Morgan fingerprint density at radius 1 is 1.31 bits per heavy atom. The van der Waals surface area contributed by atoms with Crippen LogP contribution in [0.1, 0.15) is 11.3 Å². The highest BCUT2D eigenvalue weighted by Gasteiger charge is 1.83. The Kier molecular flexibility index (Phi) is 4.73. The number of pyridine rings is 1. The molecule has 0 unspecified atom stereocenters. The van der Waals surface area contributed by atoms with E-state index in [1.54, 1.807) is 29.4 Å². The van der Waals surface area contributed by atoms with Crippen LogP contribution in [0.15, 0.2) is 50.2 Å². The molecule has 0 spiro atoms. The van der Waals surface area contributed by atoms with E-state index >= 15 is 0 Å². The number of rotatable bonds is 2. The van der Waals surface area contributed by atoms with E-state index in [0.29, 0.717) is 0 Å². The molecular weight excluding hydrogens is 198 g/mol. The average Bonchev–Trinajstić information content (AvgIpc) is 2.84. The summed E-state index contributed by atoms with van der Waals surface area (Å²) in [7, 11) is 0. The van der Waals surface area contributed by atoms with Crippen LogP contribution >= 0.6 is 0 Å². The molecule has 16 heavy (non-hydrogen) atoms. The molecule has 82 valence electrons. The molecule has 2 aromatic heterocycles. The summed E-state index contributed by atoms with van der Waals surface area (Å²) in [5.74, 6) is 0. The summed E-state index contributed by atoms with van der Waals surface area (Å²) in [4.78, 5) is 7.86. The number of aromatic nitrogens is 3. The van der Waals surface area contributed by atoms with E-state index in [-0.39, 0.29) is 0 Å². The lowest BCUT2D eigenvalue weighted by Gasteiger charge is -1.90. The van der Waals surface area contributed by atoms with Crippen molar-refractivity contribution < 1.29 is 0 Å². The zero-order valence-electron chi connectivity index (χ0n) is 9.37. The van der Waals surface area contributed by atoms with E-state index in [0.717, 1.165) is 11.3 Å². The quantitative estimate of drug-likeness (QED) is 0.767. The van der Waals surface area contributed by atoms with Crippen LogP contribution in [0, 0.1) is 6.92 Å². The third-order valence-corrected chi connectivity index (χ3v) is 1.91. The zero-order chi connectivity index (χ0) is 11.8. The highest BCUT2D eigenvalue weighted by atomic mass is 15.0. The third kappa shape index (κ3) is 3.92. The van der Waals surface area contributed by atoms with Gasteiger partial charge in [-0.3, -0.25) is 4.98 Å². The fraction of sp³-hybridized carbons (Fsp3) is 0.0769. The lowest BCUT2D eigenvalue weighted by Crippen LogP contribution is -1.78. The van der Waals surface area contributed by atoms with E-state index in [1.165, 1.54) is 0 Å². The molecule has 0 N–H and O–H groups in total. The smallest absolute Gasteiger partial charge is 0.0986 e. The van der Waals surface area contributed by atoms with Gasteiger partial charge in [0.1, 0.15) is 0 Å². The van der Waals surface area contributed by atoms with Crippen molar-refractivity contribution in [3.05, 3.63) is 61.5 Å². The minimum atomic E-state index is 1.04. The van der Waals surface area contributed by atoms with Crippen LogP contribution in [0.25, 0.3) is 12.3 Å². The fourth-order valence-corrected chi connectivity index (χ4v) is 0.977. The van der Waals surface area contributed by atoms with Gasteiger partial charge in [0, 0.05) is 30.5 Å².